The summed E-state index contributed by atoms with van der Waals surface area (Å²) in [5, 5.41) is 42.7. The molecule has 1 aliphatic rings. The number of benzene rings is 2. The lowest BCUT2D eigenvalue weighted by molar-refractivity contribution is -0.121. The third-order valence-corrected chi connectivity index (χ3v) is 6.21. The molecule has 2 unspecified atom stereocenters. The molecule has 2 aromatic carbocycles. The highest BCUT2D eigenvalue weighted by Crippen LogP contribution is 2.36. The van der Waals surface area contributed by atoms with Crippen LogP contribution in [0.5, 0.6) is 23.0 Å². The van der Waals surface area contributed by atoms with E-state index >= 15 is 0 Å². The topological polar surface area (TPSA) is 138 Å². The summed E-state index contributed by atoms with van der Waals surface area (Å²) in [7, 11) is 3.15. The summed E-state index contributed by atoms with van der Waals surface area (Å²) >= 11 is 0. The maximum atomic E-state index is 12.5. The lowest BCUT2D eigenvalue weighted by Crippen LogP contribution is -2.32. The second-order valence-corrected chi connectivity index (χ2v) is 8.83. The summed E-state index contributed by atoms with van der Waals surface area (Å²) in [6.45, 7) is -0.665. The van der Waals surface area contributed by atoms with Crippen LogP contribution in [-0.2, 0) is 24.1 Å². The Balaban J connectivity index is 2.13. The lowest BCUT2D eigenvalue weighted by Gasteiger charge is -2.22. The van der Waals surface area contributed by atoms with E-state index in [1.165, 1.54) is 13.2 Å². The van der Waals surface area contributed by atoms with Crippen molar-refractivity contribution >= 4 is 5.78 Å². The number of aryl methyl sites for hydroxylation is 2. The number of aliphatic hydroxyl groups is 3. The van der Waals surface area contributed by atoms with Gasteiger partial charge in [0, 0.05) is 37.9 Å². The van der Waals surface area contributed by atoms with Crippen LogP contribution in [0.25, 0.3) is 0 Å². The number of nitrogens with one attached hydrogen (secondary N) is 1. The molecule has 0 heterocycles. The molecule has 2 aromatic rings. The van der Waals surface area contributed by atoms with Crippen molar-refractivity contribution in [1.82, 2.24) is 5.32 Å². The van der Waals surface area contributed by atoms with Crippen LogP contribution < -0.4 is 19.5 Å². The van der Waals surface area contributed by atoms with Gasteiger partial charge >= 0.3 is 0 Å². The monoisotopic (exact) mass is 513 g/mol. The lowest BCUT2D eigenvalue weighted by atomic mass is 9.97. The van der Waals surface area contributed by atoms with E-state index in [-0.39, 0.29) is 43.2 Å². The first-order valence-corrected chi connectivity index (χ1v) is 12.3. The second kappa shape index (κ2) is 13.9. The van der Waals surface area contributed by atoms with Gasteiger partial charge in [0.05, 0.1) is 18.8 Å². The summed E-state index contributed by atoms with van der Waals surface area (Å²) in [4.78, 5) is 12.5. The third kappa shape index (κ3) is 7.60. The Labute approximate surface area is 217 Å². The van der Waals surface area contributed by atoms with E-state index in [2.05, 4.69) is 17.2 Å². The number of carbonyl (C=O) groups excluding carboxylic acids is 1. The van der Waals surface area contributed by atoms with Gasteiger partial charge in [-0.2, -0.15) is 0 Å². The quantitative estimate of drug-likeness (QED) is 0.264. The van der Waals surface area contributed by atoms with Crippen molar-refractivity contribution in [2.24, 2.45) is 0 Å². The molecule has 9 nitrogen and oxygen atoms in total. The fourth-order valence-electron chi connectivity index (χ4n) is 4.30. The minimum absolute atomic E-state index is 0.0370. The van der Waals surface area contributed by atoms with Crippen molar-refractivity contribution in [3.05, 3.63) is 46.5 Å². The number of phenols is 1. The zero-order chi connectivity index (χ0) is 26.8. The van der Waals surface area contributed by atoms with Crippen LogP contribution in [0.2, 0.25) is 0 Å². The molecule has 0 aliphatic heterocycles. The average Bonchev–Trinajstić information content (AvgIpc) is 2.88. The predicted octanol–water partition coefficient (Wildman–Crippen LogP) is 1.83. The minimum Gasteiger partial charge on any atom is -0.504 e. The smallest absolute Gasteiger partial charge is 0.186 e. The Morgan fingerprint density at radius 3 is 2.65 bits per heavy atom. The number of ketones is 1. The molecule has 1 aliphatic carbocycles. The molecule has 200 valence electrons. The first kappa shape index (κ1) is 28.3. The van der Waals surface area contributed by atoms with E-state index in [9.17, 15) is 25.2 Å². The Bertz CT molecular complexity index is 1140. The van der Waals surface area contributed by atoms with E-state index in [1.807, 2.05) is 6.07 Å². The van der Waals surface area contributed by atoms with Crippen molar-refractivity contribution in [1.29, 1.82) is 0 Å². The Hall–Kier alpha value is -3.29. The highest BCUT2D eigenvalue weighted by molar-refractivity contribution is 5.79. The molecule has 0 saturated carbocycles. The first-order chi connectivity index (χ1) is 17.9. The normalized spacial score (nSPS) is 16.9. The number of methoxy groups -OCH3 is 1. The molecule has 9 heteroatoms. The Kier molecular flexibility index (Phi) is 10.6. The van der Waals surface area contributed by atoms with Crippen LogP contribution in [0.15, 0.2) is 24.3 Å². The fourth-order valence-corrected chi connectivity index (χ4v) is 4.30. The van der Waals surface area contributed by atoms with Crippen molar-refractivity contribution in [3.63, 3.8) is 0 Å². The van der Waals surface area contributed by atoms with Crippen LogP contribution in [-0.4, -0.2) is 66.1 Å². The second-order valence-electron chi connectivity index (χ2n) is 8.83. The summed E-state index contributed by atoms with van der Waals surface area (Å²) in [5.74, 6) is 7.03. The van der Waals surface area contributed by atoms with Crippen molar-refractivity contribution in [2.75, 3.05) is 27.6 Å². The number of phenolic OH excluding ortho intramolecular Hbond substituents is 1. The van der Waals surface area contributed by atoms with Crippen molar-refractivity contribution in [3.8, 4) is 34.8 Å². The number of rotatable bonds is 8. The molecule has 5 N–H and O–H groups in total. The molecule has 0 spiro atoms. The number of aromatic hydroxyl groups is 1. The van der Waals surface area contributed by atoms with Gasteiger partial charge < -0.3 is 34.6 Å². The van der Waals surface area contributed by atoms with Gasteiger partial charge in [0.15, 0.2) is 36.0 Å². The van der Waals surface area contributed by atoms with Crippen LogP contribution in [0.4, 0.5) is 0 Å². The summed E-state index contributed by atoms with van der Waals surface area (Å²) in [5.41, 5.74) is 2.76. The van der Waals surface area contributed by atoms with Gasteiger partial charge in [0.2, 0.25) is 0 Å². The molecule has 3 rings (SSSR count). The molecule has 0 amide bonds. The number of hydrogen-bond acceptors (Lipinski definition) is 9. The maximum Gasteiger partial charge on any atom is 0.186 e. The summed E-state index contributed by atoms with van der Waals surface area (Å²) in [6.07, 6.45) is 0.763. The summed E-state index contributed by atoms with van der Waals surface area (Å²) in [6, 6.07) is 6.87. The van der Waals surface area contributed by atoms with Gasteiger partial charge in [-0.1, -0.05) is 24.0 Å². The molecule has 0 radical (unpaired) electrons. The molecule has 0 fully saturated rings. The van der Waals surface area contributed by atoms with Crippen LogP contribution in [0.3, 0.4) is 0 Å². The van der Waals surface area contributed by atoms with Crippen LogP contribution in [0, 0.1) is 11.8 Å². The molecular weight excluding hydrogens is 478 g/mol. The number of ether oxygens (including phenoxy) is 3. The molecule has 0 saturated heterocycles. The number of hydrogen-bond donors (Lipinski definition) is 5. The van der Waals surface area contributed by atoms with E-state index in [0.717, 1.165) is 11.1 Å². The van der Waals surface area contributed by atoms with Gasteiger partial charge in [-0.15, -0.1) is 0 Å². The van der Waals surface area contributed by atoms with Crippen molar-refractivity contribution in [2.45, 2.75) is 57.3 Å². The van der Waals surface area contributed by atoms with Gasteiger partial charge in [0.25, 0.3) is 0 Å². The number of fused-ring (bicyclic) bond motifs is 3. The molecule has 0 aromatic heterocycles. The third-order valence-electron chi connectivity index (χ3n) is 6.21. The largest absolute Gasteiger partial charge is 0.504 e. The molecular formula is C28H35NO8. The zero-order valence-corrected chi connectivity index (χ0v) is 21.2. The first-order valence-electron chi connectivity index (χ1n) is 12.3. The summed E-state index contributed by atoms with van der Waals surface area (Å²) < 4.78 is 17.0. The van der Waals surface area contributed by atoms with E-state index in [4.69, 9.17) is 14.2 Å². The molecule has 2 atom stereocenters. The number of aliphatic hydroxyl groups excluding tert-OH is 3. The fraction of sp³-hybridized carbons (Fsp3) is 0.464. The Morgan fingerprint density at radius 1 is 1.14 bits per heavy atom. The van der Waals surface area contributed by atoms with Gasteiger partial charge in [-0.25, -0.2) is 0 Å². The average molecular weight is 514 g/mol. The van der Waals surface area contributed by atoms with E-state index in [0.29, 0.717) is 48.3 Å². The van der Waals surface area contributed by atoms with Crippen LogP contribution >= 0.6 is 0 Å². The maximum absolute atomic E-state index is 12.5. The minimum atomic E-state index is -0.803. The highest BCUT2D eigenvalue weighted by Gasteiger charge is 2.20. The number of Topliss-reactive ketones (excluding diaryl/α,β-unsaturated/α-hetero) is 1. The van der Waals surface area contributed by atoms with Crippen LogP contribution in [0.1, 0.15) is 47.9 Å². The highest BCUT2D eigenvalue weighted by atomic mass is 16.6. The SMILES string of the molecule is CNC(CCO)Oc1c2cc(cc1OCO)CCC(O)CC(=O)CCc1ccc(O)c(OC)c1C#CC2. The van der Waals surface area contributed by atoms with E-state index in [1.54, 1.807) is 19.2 Å². The number of carbonyl (C=O) groups is 1. The molecule has 37 heavy (non-hydrogen) atoms. The van der Waals surface area contributed by atoms with Gasteiger partial charge in [-0.05, 0) is 49.6 Å². The standard InChI is InChI=1S/C28H35NO8/c1-29-26(12-13-30)37-27-20-4-3-5-23-19(8-11-24(34)28(23)35-2)7-10-22(33)16-21(32)9-6-18(14-20)15-25(27)36-17-31/h8,11,14-15,21,26,29-32,34H,4,6-7,9-10,12-13,16-17H2,1-2H3. The van der Waals surface area contributed by atoms with Gasteiger partial charge in [-0.3, -0.25) is 10.1 Å². The zero-order valence-electron chi connectivity index (χ0n) is 21.2. The molecule has 2 bridgehead atoms. The van der Waals surface area contributed by atoms with Gasteiger partial charge in [0.1, 0.15) is 5.78 Å². The Morgan fingerprint density at radius 2 is 1.95 bits per heavy atom. The van der Waals surface area contributed by atoms with Crippen molar-refractivity contribution < 1.29 is 39.4 Å². The van der Waals surface area contributed by atoms with E-state index < -0.39 is 19.1 Å². The predicted molar refractivity (Wildman–Crippen MR) is 137 cm³/mol.